The van der Waals surface area contributed by atoms with Crippen molar-refractivity contribution in [3.63, 3.8) is 0 Å². The third kappa shape index (κ3) is 7.34. The van der Waals surface area contributed by atoms with Gasteiger partial charge in [-0.3, -0.25) is 19.2 Å². The molecule has 0 bridgehead atoms. The summed E-state index contributed by atoms with van der Waals surface area (Å²) in [7, 11) is 0. The molecule has 8 heteroatoms. The summed E-state index contributed by atoms with van der Waals surface area (Å²) in [5.74, 6) is 0.754. The minimum atomic E-state index is -0.983. The number of nitrogens with one attached hydrogen (secondary N) is 1. The van der Waals surface area contributed by atoms with Crippen molar-refractivity contribution >= 4 is 35.2 Å². The smallest absolute Gasteiger partial charge is 0.312 e. The van der Waals surface area contributed by atoms with Crippen LogP contribution >= 0.6 is 11.6 Å². The van der Waals surface area contributed by atoms with E-state index in [-0.39, 0.29) is 75.2 Å². The molecule has 0 spiro atoms. The molecule has 0 aromatic heterocycles. The van der Waals surface area contributed by atoms with E-state index >= 15 is 0 Å². The third-order valence-corrected chi connectivity index (χ3v) is 17.8. The van der Waals surface area contributed by atoms with Crippen molar-refractivity contribution in [2.75, 3.05) is 0 Å². The number of rotatable bonds is 9. The first-order chi connectivity index (χ1) is 27.6. The first-order valence-electron chi connectivity index (χ1n) is 23.1. The minimum absolute atomic E-state index is 0.00908. The third-order valence-electron chi connectivity index (χ3n) is 17.6. The number of halogens is 1. The molecule has 1 unspecified atom stereocenters. The lowest BCUT2D eigenvalue weighted by molar-refractivity contribution is -0.232. The predicted octanol–water partition coefficient (Wildman–Crippen LogP) is 12.0. The first-order valence-corrected chi connectivity index (χ1v) is 23.5. The lowest BCUT2D eigenvalue weighted by atomic mass is 9.33. The number of benzene rings is 1. The van der Waals surface area contributed by atoms with Crippen molar-refractivity contribution in [1.82, 2.24) is 5.32 Å². The summed E-state index contributed by atoms with van der Waals surface area (Å²) in [5, 5.41) is 4.08. The molecule has 60 heavy (non-hydrogen) atoms. The standard InChI is InChI=1S/C52H74ClNO6/c1-31(2)41-36(55)29-51(28-32(3)43(57)54-52(26-27-52)33-14-16-34(53)17-15-33)25-24-49(12)35(42(41)51)18-19-38-48(11)22-21-39(47(9,10)37(48)20-23-50(38,49)13)59-40(56)30-46(7,8)44(58)60-45(4,5)6/h14-17,28,31,35,37-39H,18-27,29-30H2,1-13H3,(H,54,57)/b32-28+/t35-,37?,38-,39+,48+,49-,50-,51-/m1/s1. The molecule has 1 aromatic rings. The highest BCUT2D eigenvalue weighted by Crippen LogP contribution is 2.77. The quantitative estimate of drug-likeness (QED) is 0.196. The molecule has 330 valence electrons. The maximum atomic E-state index is 14.3. The molecule has 7 nitrogen and oxygen atoms in total. The van der Waals surface area contributed by atoms with E-state index in [2.05, 4.69) is 59.9 Å². The number of allylic oxidation sites excluding steroid dienone is 3. The van der Waals surface area contributed by atoms with Crippen LogP contribution in [-0.2, 0) is 34.2 Å². The van der Waals surface area contributed by atoms with Gasteiger partial charge in [0, 0.05) is 27.8 Å². The zero-order valence-electron chi connectivity index (χ0n) is 39.1. The summed E-state index contributed by atoms with van der Waals surface area (Å²) >= 11 is 6.20. The number of ketones is 1. The van der Waals surface area contributed by atoms with Crippen molar-refractivity contribution in [2.45, 2.75) is 184 Å². The van der Waals surface area contributed by atoms with E-state index in [0.717, 1.165) is 75.3 Å². The molecule has 0 radical (unpaired) electrons. The molecule has 5 fully saturated rings. The first kappa shape index (κ1) is 45.1. The number of fused-ring (bicyclic) bond motifs is 7. The van der Waals surface area contributed by atoms with Crippen LogP contribution in [0.1, 0.15) is 173 Å². The zero-order chi connectivity index (χ0) is 44.2. The predicted molar refractivity (Wildman–Crippen MR) is 238 cm³/mol. The number of ether oxygens (including phenoxy) is 2. The summed E-state index contributed by atoms with van der Waals surface area (Å²) in [6.45, 7) is 27.7. The number of carbonyl (C=O) groups is 4. The fourth-order valence-corrected chi connectivity index (χ4v) is 14.4. The Morgan fingerprint density at radius 3 is 2.10 bits per heavy atom. The molecule has 6 aliphatic rings. The average molecular weight is 845 g/mol. The molecule has 8 atom stereocenters. The summed E-state index contributed by atoms with van der Waals surface area (Å²) < 4.78 is 12.0. The van der Waals surface area contributed by atoms with E-state index in [1.165, 1.54) is 5.57 Å². The van der Waals surface area contributed by atoms with Gasteiger partial charge in [0.1, 0.15) is 11.7 Å². The van der Waals surface area contributed by atoms with Gasteiger partial charge in [-0.1, -0.05) is 78.3 Å². The Morgan fingerprint density at radius 2 is 1.50 bits per heavy atom. The molecule has 0 aliphatic heterocycles. The van der Waals surface area contributed by atoms with E-state index in [1.54, 1.807) is 13.8 Å². The fourth-order valence-electron chi connectivity index (χ4n) is 14.2. The van der Waals surface area contributed by atoms with Crippen LogP contribution in [0.15, 0.2) is 47.1 Å². The van der Waals surface area contributed by atoms with E-state index in [1.807, 2.05) is 52.0 Å². The summed E-state index contributed by atoms with van der Waals surface area (Å²) in [4.78, 5) is 54.9. The SMILES string of the molecule is C/C(=C\[C@@]12CC[C@]3(C)[C@H](CC[C@@H]4[C@@]5(C)CC[C@H](OC(=O)CC(C)(C)C(=O)OC(C)(C)C)C(C)(C)C5CC[C@]43C)C1=C(C(C)C)C(=O)C2)C(=O)NC1(c2ccc(Cl)cc2)CC1. The van der Waals surface area contributed by atoms with Crippen molar-refractivity contribution in [3.05, 3.63) is 57.6 Å². The normalized spacial score (nSPS) is 35.8. The van der Waals surface area contributed by atoms with Gasteiger partial charge in [-0.2, -0.15) is 0 Å². The van der Waals surface area contributed by atoms with Crippen LogP contribution in [0, 0.1) is 56.2 Å². The molecular formula is C52H74ClNO6. The van der Waals surface area contributed by atoms with Gasteiger partial charge in [-0.05, 0) is 175 Å². The van der Waals surface area contributed by atoms with Crippen LogP contribution in [0.3, 0.4) is 0 Å². The maximum absolute atomic E-state index is 14.3. The van der Waals surface area contributed by atoms with Crippen LogP contribution in [0.25, 0.3) is 0 Å². The zero-order valence-corrected chi connectivity index (χ0v) is 39.8. The van der Waals surface area contributed by atoms with Crippen LogP contribution in [0.5, 0.6) is 0 Å². The Labute approximate surface area is 366 Å². The van der Waals surface area contributed by atoms with Gasteiger partial charge in [0.15, 0.2) is 5.78 Å². The molecule has 6 aliphatic carbocycles. The lowest BCUT2D eigenvalue weighted by Crippen LogP contribution is -2.65. The molecule has 0 heterocycles. The van der Waals surface area contributed by atoms with E-state index in [0.29, 0.717) is 28.9 Å². The highest BCUT2D eigenvalue weighted by Gasteiger charge is 2.70. The Balaban J connectivity index is 1.13. The molecule has 5 saturated carbocycles. The van der Waals surface area contributed by atoms with E-state index < -0.39 is 16.4 Å². The second-order valence-corrected chi connectivity index (χ2v) is 24.1. The van der Waals surface area contributed by atoms with Gasteiger partial charge in [0.2, 0.25) is 5.91 Å². The average Bonchev–Trinajstić information content (AvgIpc) is 3.84. The number of Topliss-reactive ketones (excluding diaryl/α,β-unsaturated/α-hetero) is 1. The Morgan fingerprint density at radius 1 is 0.850 bits per heavy atom. The largest absolute Gasteiger partial charge is 0.462 e. The Hall–Kier alpha value is -2.93. The highest BCUT2D eigenvalue weighted by atomic mass is 35.5. The van der Waals surface area contributed by atoms with Crippen LogP contribution in [0.4, 0.5) is 0 Å². The van der Waals surface area contributed by atoms with Crippen LogP contribution < -0.4 is 5.32 Å². The molecule has 1 N–H and O–H groups in total. The van der Waals surface area contributed by atoms with Crippen LogP contribution in [-0.4, -0.2) is 35.3 Å². The van der Waals surface area contributed by atoms with Gasteiger partial charge in [0.25, 0.3) is 0 Å². The number of carbonyl (C=O) groups excluding carboxylic acids is 4. The van der Waals surface area contributed by atoms with Gasteiger partial charge in [-0.25, -0.2) is 0 Å². The van der Waals surface area contributed by atoms with Gasteiger partial charge < -0.3 is 14.8 Å². The van der Waals surface area contributed by atoms with E-state index in [4.69, 9.17) is 21.1 Å². The molecule has 7 rings (SSSR count). The second-order valence-electron chi connectivity index (χ2n) is 23.6. The maximum Gasteiger partial charge on any atom is 0.312 e. The Kier molecular flexibility index (Phi) is 11.2. The topological polar surface area (TPSA) is 98.8 Å². The number of hydrogen-bond donors (Lipinski definition) is 1. The molecule has 1 aromatic carbocycles. The number of esters is 2. The lowest BCUT2D eigenvalue weighted by Gasteiger charge is -2.72. The minimum Gasteiger partial charge on any atom is -0.462 e. The van der Waals surface area contributed by atoms with Gasteiger partial charge in [-0.15, -0.1) is 0 Å². The molecule has 1 amide bonds. The van der Waals surface area contributed by atoms with Crippen molar-refractivity contribution in [3.8, 4) is 0 Å². The van der Waals surface area contributed by atoms with Crippen molar-refractivity contribution < 1.29 is 28.7 Å². The summed E-state index contributed by atoms with van der Waals surface area (Å²) in [5.41, 5.74) is 1.63. The molecular weight excluding hydrogens is 770 g/mol. The Bertz CT molecular complexity index is 2000. The number of amides is 1. The fraction of sp³-hybridized carbons (Fsp3) is 0.731. The number of hydrogen-bond acceptors (Lipinski definition) is 6. The van der Waals surface area contributed by atoms with Crippen molar-refractivity contribution in [1.29, 1.82) is 0 Å². The van der Waals surface area contributed by atoms with E-state index in [9.17, 15) is 19.2 Å². The van der Waals surface area contributed by atoms with Gasteiger partial charge >= 0.3 is 11.9 Å². The molecule has 0 saturated heterocycles. The summed E-state index contributed by atoms with van der Waals surface area (Å²) in [6, 6.07) is 7.82. The van der Waals surface area contributed by atoms with Gasteiger partial charge in [0.05, 0.1) is 17.4 Å². The highest BCUT2D eigenvalue weighted by molar-refractivity contribution is 6.30. The monoisotopic (exact) mass is 844 g/mol. The summed E-state index contributed by atoms with van der Waals surface area (Å²) in [6.07, 6.45) is 12.2. The van der Waals surface area contributed by atoms with Crippen LogP contribution in [0.2, 0.25) is 5.02 Å². The second kappa shape index (κ2) is 14.8. The van der Waals surface area contributed by atoms with Crippen molar-refractivity contribution in [2.24, 2.45) is 56.2 Å².